The fourth-order valence-corrected chi connectivity index (χ4v) is 3.88. The van der Waals surface area contributed by atoms with Crippen LogP contribution in [0.3, 0.4) is 0 Å². The summed E-state index contributed by atoms with van der Waals surface area (Å²) in [6, 6.07) is 7.02. The predicted molar refractivity (Wildman–Crippen MR) is 99.4 cm³/mol. The van der Waals surface area contributed by atoms with Crippen LogP contribution in [0.15, 0.2) is 52.9 Å². The zero-order chi connectivity index (χ0) is 20.5. The highest BCUT2D eigenvalue weighted by molar-refractivity contribution is 7.90. The van der Waals surface area contributed by atoms with Crippen LogP contribution in [0.4, 0.5) is 13.2 Å². The first-order valence-corrected chi connectivity index (χ1v) is 10.5. The first-order valence-electron chi connectivity index (χ1n) is 8.66. The Labute approximate surface area is 161 Å². The van der Waals surface area contributed by atoms with E-state index in [4.69, 9.17) is 10.5 Å². The molecule has 0 radical (unpaired) electrons. The zero-order valence-corrected chi connectivity index (χ0v) is 16.0. The normalized spacial score (nSPS) is 20.0. The van der Waals surface area contributed by atoms with Crippen LogP contribution in [0.5, 0.6) is 5.75 Å². The van der Waals surface area contributed by atoms with E-state index in [-0.39, 0.29) is 17.1 Å². The van der Waals surface area contributed by atoms with Gasteiger partial charge in [0.15, 0.2) is 21.5 Å². The van der Waals surface area contributed by atoms with Gasteiger partial charge >= 0.3 is 0 Å². The number of rotatable bonds is 5. The number of hydrogen-bond donors (Lipinski definition) is 1. The lowest BCUT2D eigenvalue weighted by Gasteiger charge is -2.29. The lowest BCUT2D eigenvalue weighted by atomic mass is 9.81. The van der Waals surface area contributed by atoms with E-state index < -0.39 is 39.2 Å². The smallest absolute Gasteiger partial charge is 0.175 e. The molecular formula is C20H20F3NO3S. The van der Waals surface area contributed by atoms with Crippen molar-refractivity contribution in [2.75, 3.05) is 12.9 Å². The molecule has 0 aliphatic heterocycles. The summed E-state index contributed by atoms with van der Waals surface area (Å²) in [6.45, 7) is 0.249. The highest BCUT2D eigenvalue weighted by Crippen LogP contribution is 2.34. The highest BCUT2D eigenvalue weighted by Gasteiger charge is 2.28. The summed E-state index contributed by atoms with van der Waals surface area (Å²) in [6.07, 6.45) is 3.79. The van der Waals surface area contributed by atoms with E-state index in [1.165, 1.54) is 12.1 Å². The molecule has 0 bridgehead atoms. The third-order valence-corrected chi connectivity index (χ3v) is 5.92. The van der Waals surface area contributed by atoms with Crippen molar-refractivity contribution >= 4 is 9.84 Å². The molecule has 0 saturated heterocycles. The van der Waals surface area contributed by atoms with Crippen LogP contribution in [-0.4, -0.2) is 27.3 Å². The molecule has 0 fully saturated rings. The number of hydrogen-bond acceptors (Lipinski definition) is 4. The number of ether oxygens (including phenoxy) is 1. The molecule has 1 aliphatic carbocycles. The van der Waals surface area contributed by atoms with Crippen LogP contribution in [0.1, 0.15) is 24.3 Å². The molecule has 2 aromatic carbocycles. The molecule has 3 rings (SSSR count). The molecule has 150 valence electrons. The molecule has 4 nitrogen and oxygen atoms in total. The van der Waals surface area contributed by atoms with Crippen LogP contribution in [0.2, 0.25) is 0 Å². The van der Waals surface area contributed by atoms with Gasteiger partial charge in [0.2, 0.25) is 0 Å². The third-order valence-electron chi connectivity index (χ3n) is 4.79. The highest BCUT2D eigenvalue weighted by atomic mass is 32.2. The first-order chi connectivity index (χ1) is 13.1. The SMILES string of the molecule is CS(=O)(=O)c1ccc(OCC2=CC[C@H](c3cc(F)c(F)cc3F)[C@@H](N)C2)cc1. The minimum atomic E-state index is -3.27. The second-order valence-electron chi connectivity index (χ2n) is 6.89. The van der Waals surface area contributed by atoms with Crippen LogP contribution in [0, 0.1) is 17.5 Å². The van der Waals surface area contributed by atoms with Crippen molar-refractivity contribution in [3.63, 3.8) is 0 Å². The number of sulfone groups is 1. The summed E-state index contributed by atoms with van der Waals surface area (Å²) in [5.74, 6) is -3.07. The standard InChI is InChI=1S/C20H20F3NO3S/c1-28(25,26)14-5-3-13(4-6-14)27-11-12-2-7-15(20(24)8-12)16-9-18(22)19(23)10-17(16)21/h2-6,9-10,15,20H,7-8,11,24H2,1H3/t15-,20+/m1/s1. The van der Waals surface area contributed by atoms with Gasteiger partial charge in [-0.25, -0.2) is 21.6 Å². The van der Waals surface area contributed by atoms with Crippen molar-refractivity contribution in [2.24, 2.45) is 5.73 Å². The van der Waals surface area contributed by atoms with Crippen molar-refractivity contribution in [2.45, 2.75) is 29.7 Å². The number of benzene rings is 2. The largest absolute Gasteiger partial charge is 0.489 e. The molecular weight excluding hydrogens is 391 g/mol. The minimum Gasteiger partial charge on any atom is -0.489 e. The van der Waals surface area contributed by atoms with Gasteiger partial charge in [0.1, 0.15) is 18.2 Å². The maximum Gasteiger partial charge on any atom is 0.175 e. The zero-order valence-electron chi connectivity index (χ0n) is 15.2. The Morgan fingerprint density at radius 1 is 1.07 bits per heavy atom. The Bertz CT molecular complexity index is 1000. The third kappa shape index (κ3) is 4.56. The van der Waals surface area contributed by atoms with Gasteiger partial charge in [-0.2, -0.15) is 0 Å². The molecule has 0 amide bonds. The van der Waals surface area contributed by atoms with E-state index in [9.17, 15) is 21.6 Å². The Morgan fingerprint density at radius 2 is 1.71 bits per heavy atom. The van der Waals surface area contributed by atoms with Crippen molar-refractivity contribution in [1.29, 1.82) is 0 Å². The van der Waals surface area contributed by atoms with Crippen LogP contribution < -0.4 is 10.5 Å². The summed E-state index contributed by atoms with van der Waals surface area (Å²) in [7, 11) is -3.27. The molecule has 28 heavy (non-hydrogen) atoms. The molecule has 1 aliphatic rings. The van der Waals surface area contributed by atoms with E-state index in [1.807, 2.05) is 6.08 Å². The summed E-state index contributed by atoms with van der Waals surface area (Å²) in [4.78, 5) is 0.204. The molecule has 0 heterocycles. The molecule has 0 spiro atoms. The lowest BCUT2D eigenvalue weighted by molar-refractivity contribution is 0.335. The quantitative estimate of drug-likeness (QED) is 0.602. The summed E-state index contributed by atoms with van der Waals surface area (Å²) in [5.41, 5.74) is 7.12. The minimum absolute atomic E-state index is 0.0685. The molecule has 8 heteroatoms. The average Bonchev–Trinajstić information content (AvgIpc) is 2.63. The lowest BCUT2D eigenvalue weighted by Crippen LogP contribution is -2.33. The summed E-state index contributed by atoms with van der Waals surface area (Å²) >= 11 is 0. The van der Waals surface area contributed by atoms with Gasteiger partial charge in [0, 0.05) is 24.3 Å². The van der Waals surface area contributed by atoms with Crippen LogP contribution in [0.25, 0.3) is 0 Å². The number of halogens is 3. The van der Waals surface area contributed by atoms with E-state index >= 15 is 0 Å². The second-order valence-corrected chi connectivity index (χ2v) is 8.91. The molecule has 0 aromatic heterocycles. The Morgan fingerprint density at radius 3 is 2.32 bits per heavy atom. The molecule has 0 saturated carbocycles. The van der Waals surface area contributed by atoms with E-state index in [0.717, 1.165) is 17.9 Å². The Kier molecular flexibility index (Phi) is 5.81. The molecule has 2 atom stereocenters. The predicted octanol–water partition coefficient (Wildman–Crippen LogP) is 3.72. The second kappa shape index (κ2) is 7.97. The fourth-order valence-electron chi connectivity index (χ4n) is 3.25. The van der Waals surface area contributed by atoms with Crippen LogP contribution in [-0.2, 0) is 9.84 Å². The summed E-state index contributed by atoms with van der Waals surface area (Å²) < 4.78 is 69.2. The van der Waals surface area contributed by atoms with Crippen molar-refractivity contribution in [1.82, 2.24) is 0 Å². The average molecular weight is 411 g/mol. The maximum atomic E-state index is 14.0. The maximum absolute atomic E-state index is 14.0. The summed E-state index contributed by atoms with van der Waals surface area (Å²) in [5, 5.41) is 0. The number of allylic oxidation sites excluding steroid dienone is 1. The molecule has 0 unspecified atom stereocenters. The van der Waals surface area contributed by atoms with Crippen LogP contribution >= 0.6 is 0 Å². The van der Waals surface area contributed by atoms with Gasteiger partial charge in [-0.3, -0.25) is 0 Å². The fraction of sp³-hybridized carbons (Fsp3) is 0.300. The van der Waals surface area contributed by atoms with E-state index in [2.05, 4.69) is 0 Å². The van der Waals surface area contributed by atoms with Gasteiger partial charge in [0.05, 0.1) is 4.90 Å². The van der Waals surface area contributed by atoms with Gasteiger partial charge in [0.25, 0.3) is 0 Å². The van der Waals surface area contributed by atoms with E-state index in [1.54, 1.807) is 12.1 Å². The van der Waals surface area contributed by atoms with Gasteiger partial charge in [-0.1, -0.05) is 6.08 Å². The van der Waals surface area contributed by atoms with Gasteiger partial charge in [-0.05, 0) is 54.3 Å². The van der Waals surface area contributed by atoms with Gasteiger partial charge in [-0.15, -0.1) is 0 Å². The first kappa shape index (κ1) is 20.4. The van der Waals surface area contributed by atoms with Crippen molar-refractivity contribution in [3.05, 3.63) is 71.1 Å². The molecule has 2 aromatic rings. The van der Waals surface area contributed by atoms with Gasteiger partial charge < -0.3 is 10.5 Å². The topological polar surface area (TPSA) is 69.4 Å². The van der Waals surface area contributed by atoms with Crippen molar-refractivity contribution in [3.8, 4) is 5.75 Å². The monoisotopic (exact) mass is 411 g/mol. The Balaban J connectivity index is 1.66. The number of nitrogens with two attached hydrogens (primary N) is 1. The molecule has 2 N–H and O–H groups in total. The Hall–Kier alpha value is -2.32. The van der Waals surface area contributed by atoms with Crippen molar-refractivity contribution < 1.29 is 26.3 Å². The van der Waals surface area contributed by atoms with E-state index in [0.29, 0.717) is 24.7 Å².